The number of fused-ring (bicyclic) bond motifs is 1. The molecule has 1 aliphatic heterocycles. The standard InChI is InChI=1S/C21H23N3OS/c22-21(26)16-5-4-6-17(12-16)24-13-20(23-9-2-1-3-10-23)18-11-15(14-25)7-8-19(18)24/h4-8,11-13,25H,1-3,9-10,14H2,(H2,22,26). The molecule has 0 unspecified atom stereocenters. The van der Waals surface area contributed by atoms with Crippen molar-refractivity contribution in [1.29, 1.82) is 0 Å². The first-order valence-electron chi connectivity index (χ1n) is 9.07. The van der Waals surface area contributed by atoms with Gasteiger partial charge in [-0.05, 0) is 49.1 Å². The van der Waals surface area contributed by atoms with E-state index in [4.69, 9.17) is 18.0 Å². The maximum atomic E-state index is 9.57. The Balaban J connectivity index is 1.89. The van der Waals surface area contributed by atoms with E-state index in [2.05, 4.69) is 33.9 Å². The second-order valence-corrected chi connectivity index (χ2v) is 7.30. The molecule has 2 heterocycles. The second-order valence-electron chi connectivity index (χ2n) is 6.86. The first-order valence-corrected chi connectivity index (χ1v) is 9.48. The molecule has 134 valence electrons. The highest BCUT2D eigenvalue weighted by atomic mass is 32.1. The summed E-state index contributed by atoms with van der Waals surface area (Å²) in [6, 6.07) is 14.2. The molecular formula is C21H23N3OS. The molecular weight excluding hydrogens is 342 g/mol. The van der Waals surface area contributed by atoms with Gasteiger partial charge in [-0.3, -0.25) is 0 Å². The van der Waals surface area contributed by atoms with Crippen LogP contribution in [-0.4, -0.2) is 27.8 Å². The SMILES string of the molecule is NC(=S)c1cccc(-n2cc(N3CCCCC3)c3cc(CO)ccc32)c1. The predicted octanol–water partition coefficient (Wildman–Crippen LogP) is 3.75. The average molecular weight is 366 g/mol. The van der Waals surface area contributed by atoms with Crippen molar-refractivity contribution in [2.75, 3.05) is 18.0 Å². The summed E-state index contributed by atoms with van der Waals surface area (Å²) in [6.07, 6.45) is 5.95. The molecule has 3 aromatic rings. The van der Waals surface area contributed by atoms with Crippen LogP contribution in [0.2, 0.25) is 0 Å². The van der Waals surface area contributed by atoms with Crippen LogP contribution in [0.25, 0.3) is 16.6 Å². The highest BCUT2D eigenvalue weighted by Gasteiger charge is 2.18. The van der Waals surface area contributed by atoms with Crippen molar-refractivity contribution in [1.82, 2.24) is 4.57 Å². The van der Waals surface area contributed by atoms with Crippen LogP contribution in [0.3, 0.4) is 0 Å². The Bertz CT molecular complexity index is 957. The molecule has 0 radical (unpaired) electrons. The monoisotopic (exact) mass is 365 g/mol. The molecule has 0 bridgehead atoms. The van der Waals surface area contributed by atoms with E-state index in [0.717, 1.165) is 35.4 Å². The second kappa shape index (κ2) is 7.09. The van der Waals surface area contributed by atoms with Crippen molar-refractivity contribution in [2.24, 2.45) is 5.73 Å². The van der Waals surface area contributed by atoms with Gasteiger partial charge in [0.1, 0.15) is 4.99 Å². The fraction of sp³-hybridized carbons (Fsp3) is 0.286. The minimum absolute atomic E-state index is 0.0531. The molecule has 2 aromatic carbocycles. The van der Waals surface area contributed by atoms with Crippen LogP contribution < -0.4 is 10.6 Å². The Morgan fingerprint density at radius 2 is 1.88 bits per heavy atom. The van der Waals surface area contributed by atoms with E-state index in [-0.39, 0.29) is 6.61 Å². The number of nitrogens with zero attached hydrogens (tertiary/aromatic N) is 2. The lowest BCUT2D eigenvalue weighted by Crippen LogP contribution is -2.29. The summed E-state index contributed by atoms with van der Waals surface area (Å²) in [5, 5.41) is 10.8. The van der Waals surface area contributed by atoms with Gasteiger partial charge in [-0.15, -0.1) is 0 Å². The van der Waals surface area contributed by atoms with E-state index in [1.807, 2.05) is 24.3 Å². The number of hydrogen-bond donors (Lipinski definition) is 2. The summed E-state index contributed by atoms with van der Waals surface area (Å²) >= 11 is 5.14. The summed E-state index contributed by atoms with van der Waals surface area (Å²) in [7, 11) is 0. The Hall–Kier alpha value is -2.37. The Labute approximate surface area is 158 Å². The lowest BCUT2D eigenvalue weighted by molar-refractivity contribution is 0.282. The van der Waals surface area contributed by atoms with E-state index in [9.17, 15) is 5.11 Å². The number of rotatable bonds is 4. The quantitative estimate of drug-likeness (QED) is 0.692. The number of aliphatic hydroxyl groups is 1. The average Bonchev–Trinajstić information content (AvgIpc) is 3.07. The summed E-state index contributed by atoms with van der Waals surface area (Å²) < 4.78 is 2.20. The molecule has 5 heteroatoms. The van der Waals surface area contributed by atoms with E-state index in [1.54, 1.807) is 0 Å². The molecule has 1 saturated heterocycles. The predicted molar refractivity (Wildman–Crippen MR) is 111 cm³/mol. The van der Waals surface area contributed by atoms with Crippen molar-refractivity contribution < 1.29 is 5.11 Å². The lowest BCUT2D eigenvalue weighted by Gasteiger charge is -2.28. The van der Waals surface area contributed by atoms with E-state index < -0.39 is 0 Å². The van der Waals surface area contributed by atoms with E-state index in [0.29, 0.717) is 4.99 Å². The van der Waals surface area contributed by atoms with Gasteiger partial charge < -0.3 is 20.3 Å². The molecule has 0 spiro atoms. The zero-order valence-corrected chi connectivity index (χ0v) is 15.5. The Morgan fingerprint density at radius 1 is 1.08 bits per heavy atom. The number of hydrogen-bond acceptors (Lipinski definition) is 3. The highest BCUT2D eigenvalue weighted by Crippen LogP contribution is 2.34. The van der Waals surface area contributed by atoms with Gasteiger partial charge in [0.2, 0.25) is 0 Å². The molecule has 0 aliphatic carbocycles. The topological polar surface area (TPSA) is 54.4 Å². The molecule has 26 heavy (non-hydrogen) atoms. The number of anilines is 1. The Morgan fingerprint density at radius 3 is 2.62 bits per heavy atom. The minimum Gasteiger partial charge on any atom is -0.392 e. The molecule has 0 atom stereocenters. The number of aliphatic hydroxyl groups excluding tert-OH is 1. The third kappa shape index (κ3) is 3.08. The molecule has 0 saturated carbocycles. The summed E-state index contributed by atoms with van der Waals surface area (Å²) in [5.41, 5.74) is 11.0. The normalized spacial score (nSPS) is 14.7. The molecule has 1 aliphatic rings. The number of aromatic nitrogens is 1. The number of nitrogens with two attached hydrogens (primary N) is 1. The molecule has 1 fully saturated rings. The number of thiocarbonyl (C=S) groups is 1. The Kier molecular flexibility index (Phi) is 4.66. The van der Waals surface area contributed by atoms with Crippen molar-refractivity contribution >= 4 is 33.8 Å². The van der Waals surface area contributed by atoms with Crippen molar-refractivity contribution in [3.05, 3.63) is 59.8 Å². The van der Waals surface area contributed by atoms with Gasteiger partial charge in [0.25, 0.3) is 0 Å². The number of piperidine rings is 1. The van der Waals surface area contributed by atoms with Crippen LogP contribution in [0.1, 0.15) is 30.4 Å². The van der Waals surface area contributed by atoms with Crippen LogP contribution in [0.15, 0.2) is 48.7 Å². The third-order valence-corrected chi connectivity index (χ3v) is 5.37. The van der Waals surface area contributed by atoms with Gasteiger partial charge in [0.15, 0.2) is 0 Å². The lowest BCUT2D eigenvalue weighted by atomic mass is 10.1. The highest BCUT2D eigenvalue weighted by molar-refractivity contribution is 7.80. The van der Waals surface area contributed by atoms with Gasteiger partial charge in [-0.1, -0.05) is 30.4 Å². The van der Waals surface area contributed by atoms with Gasteiger partial charge >= 0.3 is 0 Å². The van der Waals surface area contributed by atoms with Crippen molar-refractivity contribution in [2.45, 2.75) is 25.9 Å². The summed E-state index contributed by atoms with van der Waals surface area (Å²) in [5.74, 6) is 0. The summed E-state index contributed by atoms with van der Waals surface area (Å²) in [4.78, 5) is 2.86. The first kappa shape index (κ1) is 17.1. The minimum atomic E-state index is 0.0531. The fourth-order valence-electron chi connectivity index (χ4n) is 3.77. The maximum absolute atomic E-state index is 9.57. The van der Waals surface area contributed by atoms with Gasteiger partial charge in [-0.2, -0.15) is 0 Å². The fourth-order valence-corrected chi connectivity index (χ4v) is 3.89. The van der Waals surface area contributed by atoms with Crippen molar-refractivity contribution in [3.8, 4) is 5.69 Å². The van der Waals surface area contributed by atoms with E-state index >= 15 is 0 Å². The van der Waals surface area contributed by atoms with Gasteiger partial charge in [-0.25, -0.2) is 0 Å². The van der Waals surface area contributed by atoms with Gasteiger partial charge in [0.05, 0.1) is 17.8 Å². The zero-order chi connectivity index (χ0) is 18.1. The maximum Gasteiger partial charge on any atom is 0.104 e. The van der Waals surface area contributed by atoms with E-state index in [1.165, 1.54) is 30.3 Å². The number of benzene rings is 2. The molecule has 1 aromatic heterocycles. The van der Waals surface area contributed by atoms with Gasteiger partial charge in [0, 0.05) is 35.9 Å². The van der Waals surface area contributed by atoms with Crippen LogP contribution in [-0.2, 0) is 6.61 Å². The van der Waals surface area contributed by atoms with Crippen LogP contribution >= 0.6 is 12.2 Å². The van der Waals surface area contributed by atoms with Crippen molar-refractivity contribution in [3.63, 3.8) is 0 Å². The molecule has 4 nitrogen and oxygen atoms in total. The molecule has 0 amide bonds. The third-order valence-electron chi connectivity index (χ3n) is 5.14. The first-order chi connectivity index (χ1) is 12.7. The van der Waals surface area contributed by atoms with Crippen LogP contribution in [0.5, 0.6) is 0 Å². The summed E-state index contributed by atoms with van der Waals surface area (Å²) in [6.45, 7) is 2.21. The smallest absolute Gasteiger partial charge is 0.104 e. The molecule has 4 rings (SSSR count). The zero-order valence-electron chi connectivity index (χ0n) is 14.7. The molecule has 3 N–H and O–H groups in total. The largest absolute Gasteiger partial charge is 0.392 e. The van der Waals surface area contributed by atoms with Crippen LogP contribution in [0.4, 0.5) is 5.69 Å². The van der Waals surface area contributed by atoms with Crippen LogP contribution in [0, 0.1) is 0 Å².